The summed E-state index contributed by atoms with van der Waals surface area (Å²) in [6, 6.07) is 12.3. The fourth-order valence-electron chi connectivity index (χ4n) is 5.21. The quantitative estimate of drug-likeness (QED) is 0.598. The van der Waals surface area contributed by atoms with Crippen LogP contribution in [0.5, 0.6) is 17.2 Å². The molecule has 3 N–H and O–H groups in total. The zero-order valence-electron chi connectivity index (χ0n) is 19.1. The molecule has 0 spiro atoms. The first kappa shape index (κ1) is 22.1. The number of aromatic hydroxyl groups is 1. The molecule has 2 unspecified atom stereocenters. The van der Waals surface area contributed by atoms with E-state index in [4.69, 9.17) is 9.47 Å². The van der Waals surface area contributed by atoms with Crippen LogP contribution in [-0.4, -0.2) is 28.8 Å². The molecule has 5 rings (SSSR count). The Balaban J connectivity index is 1.59. The molecule has 0 saturated heterocycles. The van der Waals surface area contributed by atoms with Gasteiger partial charge in [-0.15, -0.1) is 0 Å². The van der Waals surface area contributed by atoms with E-state index < -0.39 is 11.9 Å². The van der Waals surface area contributed by atoms with Crippen LogP contribution < -0.4 is 14.8 Å². The summed E-state index contributed by atoms with van der Waals surface area (Å²) >= 11 is 0. The van der Waals surface area contributed by atoms with Crippen LogP contribution in [0.25, 0.3) is 0 Å². The average molecular weight is 462 g/mol. The Hall–Kier alpha value is -3.74. The normalized spacial score (nSPS) is 21.6. The molecule has 0 amide bonds. The number of carboxylic acids is 1. The van der Waals surface area contributed by atoms with Crippen molar-refractivity contribution in [3.63, 3.8) is 0 Å². The van der Waals surface area contributed by atoms with Crippen LogP contribution >= 0.6 is 0 Å². The highest BCUT2D eigenvalue weighted by atomic mass is 16.7. The largest absolute Gasteiger partial charge is 0.508 e. The number of phenols is 1. The first-order valence-corrected chi connectivity index (χ1v) is 11.5. The number of aliphatic carboxylic acids is 1. The number of dihydropyridines is 1. The van der Waals surface area contributed by atoms with Crippen LogP contribution in [0.2, 0.25) is 0 Å². The number of rotatable bonds is 5. The second kappa shape index (κ2) is 8.56. The number of allylic oxidation sites excluding steroid dienone is 3. The van der Waals surface area contributed by atoms with Gasteiger partial charge in [0.1, 0.15) is 5.75 Å². The minimum absolute atomic E-state index is 0.0369. The van der Waals surface area contributed by atoms with Crippen LogP contribution in [0, 0.1) is 5.92 Å². The third-order valence-electron chi connectivity index (χ3n) is 6.63. The lowest BCUT2D eigenvalue weighted by molar-refractivity contribution is -0.133. The van der Waals surface area contributed by atoms with Crippen molar-refractivity contribution >= 4 is 11.8 Å². The van der Waals surface area contributed by atoms with Crippen LogP contribution in [0.15, 0.2) is 65.0 Å². The third kappa shape index (κ3) is 3.91. The predicted octanol–water partition coefficient (Wildman–Crippen LogP) is 4.59. The second-order valence-electron chi connectivity index (χ2n) is 9.48. The zero-order chi connectivity index (χ0) is 24.0. The molecule has 2 atom stereocenters. The second-order valence-corrected chi connectivity index (χ2v) is 9.48. The number of carbonyl (C=O) groups excluding carboxylic acids is 1. The standard InChI is InChI=1S/C27H27NO6/c1-14(2)8-19-26(27(31)32)24(16-4-3-5-18(29)9-16)25-20(28-19)10-17(11-21(25)30)15-6-7-22-23(12-15)34-13-33-22/h3-7,9,12,14,17,24,28-29H,8,10-11,13H2,1-2H3,(H,31,32). The first-order chi connectivity index (χ1) is 16.3. The van der Waals surface area contributed by atoms with Gasteiger partial charge < -0.3 is 25.0 Å². The van der Waals surface area contributed by atoms with Gasteiger partial charge in [0.2, 0.25) is 6.79 Å². The molecule has 1 aliphatic carbocycles. The minimum Gasteiger partial charge on any atom is -0.508 e. The van der Waals surface area contributed by atoms with Crippen LogP contribution in [0.3, 0.4) is 0 Å². The van der Waals surface area contributed by atoms with E-state index in [0.29, 0.717) is 41.2 Å². The topological polar surface area (TPSA) is 105 Å². The zero-order valence-corrected chi connectivity index (χ0v) is 19.1. The van der Waals surface area contributed by atoms with Gasteiger partial charge in [0.05, 0.1) is 5.57 Å². The van der Waals surface area contributed by atoms with Crippen LogP contribution in [0.1, 0.15) is 56.1 Å². The van der Waals surface area contributed by atoms with Gasteiger partial charge in [-0.1, -0.05) is 32.0 Å². The summed E-state index contributed by atoms with van der Waals surface area (Å²) in [6.45, 7) is 4.25. The lowest BCUT2D eigenvalue weighted by Crippen LogP contribution is -2.36. The summed E-state index contributed by atoms with van der Waals surface area (Å²) in [5.41, 5.74) is 3.61. The smallest absolute Gasteiger partial charge is 0.334 e. The number of ketones is 1. The molecule has 2 aromatic rings. The number of carbonyl (C=O) groups is 2. The Morgan fingerprint density at radius 1 is 1.09 bits per heavy atom. The maximum absolute atomic E-state index is 13.6. The molecule has 0 fully saturated rings. The van der Waals surface area contributed by atoms with Gasteiger partial charge in [-0.3, -0.25) is 4.79 Å². The van der Waals surface area contributed by atoms with Gasteiger partial charge in [-0.25, -0.2) is 4.79 Å². The van der Waals surface area contributed by atoms with Crippen molar-refractivity contribution in [1.82, 2.24) is 5.32 Å². The number of phenolic OH excluding ortho intramolecular Hbond substituents is 1. The molecule has 2 aliphatic heterocycles. The lowest BCUT2D eigenvalue weighted by atomic mass is 9.71. The van der Waals surface area contributed by atoms with Gasteiger partial charge in [0, 0.05) is 29.3 Å². The summed E-state index contributed by atoms with van der Waals surface area (Å²) in [6.07, 6.45) is 1.38. The van der Waals surface area contributed by atoms with Gasteiger partial charge in [-0.05, 0) is 60.1 Å². The summed E-state index contributed by atoms with van der Waals surface area (Å²) in [4.78, 5) is 26.1. The number of Topliss-reactive ketones (excluding diaryl/α,β-unsaturated/α-hetero) is 1. The van der Waals surface area contributed by atoms with Crippen molar-refractivity contribution < 1.29 is 29.3 Å². The maximum Gasteiger partial charge on any atom is 0.334 e. The van der Waals surface area contributed by atoms with E-state index in [-0.39, 0.29) is 42.2 Å². The summed E-state index contributed by atoms with van der Waals surface area (Å²) < 4.78 is 10.9. The van der Waals surface area contributed by atoms with Crippen molar-refractivity contribution in [2.45, 2.75) is 44.9 Å². The molecule has 7 nitrogen and oxygen atoms in total. The molecule has 176 valence electrons. The molecular weight excluding hydrogens is 434 g/mol. The van der Waals surface area contributed by atoms with Crippen molar-refractivity contribution in [2.75, 3.05) is 6.79 Å². The number of hydrogen-bond donors (Lipinski definition) is 3. The SMILES string of the molecule is CC(C)CC1=C(C(=O)O)C(c2cccc(O)c2)C2=C(CC(c3ccc4c(c3)OCO4)CC2=O)N1. The minimum atomic E-state index is -1.06. The predicted molar refractivity (Wildman–Crippen MR) is 125 cm³/mol. The Morgan fingerprint density at radius 2 is 1.88 bits per heavy atom. The number of carboxylic acid groups (broad SMARTS) is 1. The summed E-state index contributed by atoms with van der Waals surface area (Å²) in [7, 11) is 0. The highest BCUT2D eigenvalue weighted by Gasteiger charge is 2.42. The maximum atomic E-state index is 13.6. The van der Waals surface area contributed by atoms with E-state index in [2.05, 4.69) is 5.32 Å². The number of hydrogen-bond acceptors (Lipinski definition) is 6. The Kier molecular flexibility index (Phi) is 5.55. The fraction of sp³-hybridized carbons (Fsp3) is 0.333. The van der Waals surface area contributed by atoms with E-state index >= 15 is 0 Å². The Bertz CT molecular complexity index is 1240. The van der Waals surface area contributed by atoms with Gasteiger partial charge >= 0.3 is 5.97 Å². The molecule has 34 heavy (non-hydrogen) atoms. The highest BCUT2D eigenvalue weighted by molar-refractivity contribution is 6.04. The summed E-state index contributed by atoms with van der Waals surface area (Å²) in [5.74, 6) is -0.334. The van der Waals surface area contributed by atoms with Gasteiger partial charge in [0.25, 0.3) is 0 Å². The van der Waals surface area contributed by atoms with Crippen LogP contribution in [-0.2, 0) is 9.59 Å². The first-order valence-electron chi connectivity index (χ1n) is 11.5. The molecule has 0 saturated carbocycles. The van der Waals surface area contributed by atoms with Crippen molar-refractivity contribution in [2.24, 2.45) is 5.92 Å². The van der Waals surface area contributed by atoms with Gasteiger partial charge in [0.15, 0.2) is 17.3 Å². The molecule has 7 heteroatoms. The van der Waals surface area contributed by atoms with E-state index in [1.807, 2.05) is 32.0 Å². The van der Waals surface area contributed by atoms with Crippen LogP contribution in [0.4, 0.5) is 0 Å². The molecule has 3 aliphatic rings. The molecule has 2 heterocycles. The Labute approximate surface area is 197 Å². The molecule has 0 aromatic heterocycles. The van der Waals surface area contributed by atoms with E-state index in [0.717, 1.165) is 11.3 Å². The van der Waals surface area contributed by atoms with E-state index in [1.165, 1.54) is 6.07 Å². The number of nitrogens with one attached hydrogen (secondary N) is 1. The van der Waals surface area contributed by atoms with Gasteiger partial charge in [-0.2, -0.15) is 0 Å². The molecule has 2 aromatic carbocycles. The fourth-order valence-corrected chi connectivity index (χ4v) is 5.21. The number of ether oxygens (including phenoxy) is 2. The lowest BCUT2D eigenvalue weighted by Gasteiger charge is -2.37. The Morgan fingerprint density at radius 3 is 2.62 bits per heavy atom. The molecular formula is C27H27NO6. The molecule has 0 radical (unpaired) electrons. The molecule has 0 bridgehead atoms. The van der Waals surface area contributed by atoms with E-state index in [9.17, 15) is 19.8 Å². The number of benzene rings is 2. The monoisotopic (exact) mass is 461 g/mol. The van der Waals surface area contributed by atoms with Crippen molar-refractivity contribution in [3.05, 3.63) is 76.1 Å². The summed E-state index contributed by atoms with van der Waals surface area (Å²) in [5, 5.41) is 23.7. The number of fused-ring (bicyclic) bond motifs is 1. The average Bonchev–Trinajstić information content (AvgIpc) is 3.25. The highest BCUT2D eigenvalue weighted by Crippen LogP contribution is 2.47. The third-order valence-corrected chi connectivity index (χ3v) is 6.63. The van der Waals surface area contributed by atoms with Crippen molar-refractivity contribution in [1.29, 1.82) is 0 Å². The van der Waals surface area contributed by atoms with Crippen molar-refractivity contribution in [3.8, 4) is 17.2 Å². The van der Waals surface area contributed by atoms with E-state index in [1.54, 1.807) is 18.2 Å².